The molecule has 0 radical (unpaired) electrons. The largest absolute Gasteiger partial charge is 0.344 e. The lowest BCUT2D eigenvalue weighted by Crippen LogP contribution is -2.50. The second kappa shape index (κ2) is 5.40. The van der Waals surface area contributed by atoms with E-state index >= 15 is 0 Å². The summed E-state index contributed by atoms with van der Waals surface area (Å²) >= 11 is 0. The fourth-order valence-electron chi connectivity index (χ4n) is 2.63. The molecule has 1 fully saturated rings. The average Bonchev–Trinajstić information content (AvgIpc) is 2.34. The van der Waals surface area contributed by atoms with Crippen LogP contribution in [0.2, 0.25) is 0 Å². The van der Waals surface area contributed by atoms with Gasteiger partial charge in [0.15, 0.2) is 0 Å². The zero-order chi connectivity index (χ0) is 13.9. The van der Waals surface area contributed by atoms with Gasteiger partial charge in [0, 0.05) is 13.6 Å². The summed E-state index contributed by atoms with van der Waals surface area (Å²) in [6.45, 7) is 0.423. The minimum Gasteiger partial charge on any atom is -0.344 e. The molecule has 0 spiro atoms. The van der Waals surface area contributed by atoms with Gasteiger partial charge in [-0.1, -0.05) is 18.6 Å². The number of rotatable bonds is 4. The quantitative estimate of drug-likeness (QED) is 0.835. The van der Waals surface area contributed by atoms with Crippen molar-refractivity contribution in [1.29, 1.82) is 5.26 Å². The van der Waals surface area contributed by atoms with Crippen LogP contribution in [-0.4, -0.2) is 24.4 Å². The number of nitriles is 1. The van der Waals surface area contributed by atoms with Crippen LogP contribution in [0.5, 0.6) is 0 Å². The second-order valence-electron chi connectivity index (χ2n) is 5.08. The van der Waals surface area contributed by atoms with Crippen molar-refractivity contribution in [2.75, 3.05) is 13.6 Å². The number of carbonyl (C=O) groups is 1. The van der Waals surface area contributed by atoms with E-state index in [1.165, 1.54) is 12.1 Å². The number of nitrogens with zero attached hydrogens (tertiary/aromatic N) is 2. The molecule has 0 unspecified atom stereocenters. The maximum Gasteiger partial charge on any atom is 0.232 e. The molecule has 1 aromatic carbocycles. The molecule has 3 nitrogen and oxygen atoms in total. The maximum absolute atomic E-state index is 13.4. The van der Waals surface area contributed by atoms with Crippen LogP contribution in [0.15, 0.2) is 24.3 Å². The van der Waals surface area contributed by atoms with Crippen molar-refractivity contribution >= 4 is 5.91 Å². The molecule has 1 aromatic rings. The molecular weight excluding hydrogens is 243 g/mol. The molecule has 1 aliphatic carbocycles. The van der Waals surface area contributed by atoms with Crippen LogP contribution in [0.1, 0.15) is 31.2 Å². The highest BCUT2D eigenvalue weighted by atomic mass is 19.1. The summed E-state index contributed by atoms with van der Waals surface area (Å²) in [5.41, 5.74) is 0.180. The van der Waals surface area contributed by atoms with E-state index in [-0.39, 0.29) is 11.7 Å². The number of hydrogen-bond acceptors (Lipinski definition) is 2. The van der Waals surface area contributed by atoms with Crippen LogP contribution in [-0.2, 0) is 10.2 Å². The van der Waals surface area contributed by atoms with Crippen molar-refractivity contribution in [3.05, 3.63) is 35.6 Å². The molecule has 0 heterocycles. The Labute approximate surface area is 112 Å². The first-order valence-electron chi connectivity index (χ1n) is 6.49. The van der Waals surface area contributed by atoms with E-state index in [4.69, 9.17) is 5.26 Å². The van der Waals surface area contributed by atoms with E-state index in [0.717, 1.165) is 24.8 Å². The Kier molecular flexibility index (Phi) is 3.84. The molecule has 1 saturated carbocycles. The Balaban J connectivity index is 2.23. The smallest absolute Gasteiger partial charge is 0.232 e. The minimum absolute atomic E-state index is 0.000370. The van der Waals surface area contributed by atoms with Gasteiger partial charge in [-0.15, -0.1) is 0 Å². The first-order chi connectivity index (χ1) is 9.10. The maximum atomic E-state index is 13.4. The number of benzene rings is 1. The van der Waals surface area contributed by atoms with Gasteiger partial charge in [-0.2, -0.15) is 5.26 Å². The third kappa shape index (κ3) is 2.46. The van der Waals surface area contributed by atoms with Crippen molar-refractivity contribution in [3.8, 4) is 6.07 Å². The zero-order valence-corrected chi connectivity index (χ0v) is 11.0. The van der Waals surface area contributed by atoms with E-state index in [2.05, 4.69) is 0 Å². The van der Waals surface area contributed by atoms with Crippen LogP contribution in [0.25, 0.3) is 0 Å². The number of amides is 1. The Morgan fingerprint density at radius 3 is 2.79 bits per heavy atom. The molecule has 0 aliphatic heterocycles. The third-order valence-electron chi connectivity index (χ3n) is 3.90. The molecule has 2 rings (SSSR count). The third-order valence-corrected chi connectivity index (χ3v) is 3.90. The molecule has 1 aliphatic rings. The molecule has 4 heteroatoms. The Hall–Kier alpha value is -1.89. The molecule has 19 heavy (non-hydrogen) atoms. The molecule has 0 N–H and O–H groups in total. The lowest BCUT2D eigenvalue weighted by atomic mass is 9.63. The van der Waals surface area contributed by atoms with Gasteiger partial charge in [-0.3, -0.25) is 4.79 Å². The van der Waals surface area contributed by atoms with Gasteiger partial charge in [0.1, 0.15) is 5.82 Å². The van der Waals surface area contributed by atoms with Gasteiger partial charge in [0.2, 0.25) is 5.91 Å². The molecule has 1 amide bonds. The fraction of sp³-hybridized carbons (Fsp3) is 0.467. The summed E-state index contributed by atoms with van der Waals surface area (Å²) < 4.78 is 13.4. The molecule has 0 atom stereocenters. The topological polar surface area (TPSA) is 44.1 Å². The minimum atomic E-state index is -0.577. The predicted octanol–water partition coefficient (Wildman–Crippen LogP) is 2.62. The zero-order valence-electron chi connectivity index (χ0n) is 11.0. The first-order valence-corrected chi connectivity index (χ1v) is 6.49. The highest BCUT2D eigenvalue weighted by molar-refractivity contribution is 5.89. The number of halogens is 1. The molecule has 100 valence electrons. The van der Waals surface area contributed by atoms with Crippen LogP contribution >= 0.6 is 0 Å². The number of hydrogen-bond donors (Lipinski definition) is 0. The second-order valence-corrected chi connectivity index (χ2v) is 5.08. The van der Waals surface area contributed by atoms with E-state index < -0.39 is 5.41 Å². The standard InChI is InChI=1S/C15H17FN2O/c1-18(10-4-9-17)14(19)15(7-3-8-15)12-5-2-6-13(16)11-12/h2,5-6,11H,3-4,7-8,10H2,1H3. The lowest BCUT2D eigenvalue weighted by Gasteiger charge is -2.43. The lowest BCUT2D eigenvalue weighted by molar-refractivity contribution is -0.139. The van der Waals surface area contributed by atoms with Crippen LogP contribution in [0, 0.1) is 17.1 Å². The highest BCUT2D eigenvalue weighted by Gasteiger charge is 2.46. The van der Waals surface area contributed by atoms with E-state index in [9.17, 15) is 9.18 Å². The molecule has 0 saturated heterocycles. The van der Waals surface area contributed by atoms with Gasteiger partial charge in [0.25, 0.3) is 0 Å². The van der Waals surface area contributed by atoms with Gasteiger partial charge < -0.3 is 4.90 Å². The summed E-state index contributed by atoms with van der Waals surface area (Å²) in [5, 5.41) is 8.59. The van der Waals surface area contributed by atoms with Gasteiger partial charge in [-0.25, -0.2) is 4.39 Å². The average molecular weight is 260 g/mol. The van der Waals surface area contributed by atoms with Crippen molar-refractivity contribution in [2.24, 2.45) is 0 Å². The molecule has 0 aromatic heterocycles. The summed E-state index contributed by atoms with van der Waals surface area (Å²) in [7, 11) is 1.71. The fourth-order valence-corrected chi connectivity index (χ4v) is 2.63. The summed E-state index contributed by atoms with van der Waals surface area (Å²) in [6, 6.07) is 8.34. The summed E-state index contributed by atoms with van der Waals surface area (Å²) in [5.74, 6) is -0.309. The summed E-state index contributed by atoms with van der Waals surface area (Å²) in [6.07, 6.45) is 2.81. The normalized spacial score (nSPS) is 16.3. The van der Waals surface area contributed by atoms with E-state index in [0.29, 0.717) is 13.0 Å². The Bertz CT molecular complexity index is 517. The van der Waals surface area contributed by atoms with Crippen molar-refractivity contribution < 1.29 is 9.18 Å². The monoisotopic (exact) mass is 260 g/mol. The van der Waals surface area contributed by atoms with Gasteiger partial charge >= 0.3 is 0 Å². The van der Waals surface area contributed by atoms with E-state index in [1.54, 1.807) is 18.0 Å². The molecular formula is C15H17FN2O. The van der Waals surface area contributed by atoms with Crippen LogP contribution in [0.4, 0.5) is 4.39 Å². The highest BCUT2D eigenvalue weighted by Crippen LogP contribution is 2.45. The van der Waals surface area contributed by atoms with Gasteiger partial charge in [0.05, 0.1) is 17.9 Å². The van der Waals surface area contributed by atoms with E-state index in [1.807, 2.05) is 12.1 Å². The van der Waals surface area contributed by atoms with Gasteiger partial charge in [-0.05, 0) is 30.5 Å². The first kappa shape index (κ1) is 13.5. The number of likely N-dealkylation sites (N-methyl/N-ethyl adjacent to an activating group) is 1. The Morgan fingerprint density at radius 1 is 1.53 bits per heavy atom. The predicted molar refractivity (Wildman–Crippen MR) is 69.8 cm³/mol. The van der Waals surface area contributed by atoms with Crippen molar-refractivity contribution in [1.82, 2.24) is 4.90 Å². The Morgan fingerprint density at radius 2 is 2.26 bits per heavy atom. The van der Waals surface area contributed by atoms with Crippen LogP contribution in [0.3, 0.4) is 0 Å². The summed E-state index contributed by atoms with van der Waals surface area (Å²) in [4.78, 5) is 14.1. The molecule has 0 bridgehead atoms. The SMILES string of the molecule is CN(CCC#N)C(=O)C1(c2cccc(F)c2)CCC1. The van der Waals surface area contributed by atoms with Crippen LogP contribution < -0.4 is 0 Å². The van der Waals surface area contributed by atoms with Crippen molar-refractivity contribution in [3.63, 3.8) is 0 Å². The van der Waals surface area contributed by atoms with Crippen molar-refractivity contribution in [2.45, 2.75) is 31.1 Å². The number of carbonyl (C=O) groups excluding carboxylic acids is 1.